The van der Waals surface area contributed by atoms with E-state index in [1.54, 1.807) is 0 Å². The average molecular weight is 340 g/mol. The van der Waals surface area contributed by atoms with E-state index in [0.29, 0.717) is 0 Å². The Morgan fingerprint density at radius 1 is 1.29 bits per heavy atom. The molecule has 0 atom stereocenters. The van der Waals surface area contributed by atoms with Gasteiger partial charge in [0.25, 0.3) is 0 Å². The molecule has 2 aromatic rings. The lowest BCUT2D eigenvalue weighted by Crippen LogP contribution is -2.04. The highest BCUT2D eigenvalue weighted by atomic mass is 127. The maximum atomic E-state index is 4.64. The van der Waals surface area contributed by atoms with Crippen LogP contribution in [0.2, 0.25) is 0 Å². The highest BCUT2D eigenvalue weighted by molar-refractivity contribution is 14.1. The van der Waals surface area contributed by atoms with Crippen molar-refractivity contribution in [2.75, 3.05) is 11.9 Å². The predicted octanol–water partition coefficient (Wildman–Crippen LogP) is 4.28. The second-order valence-corrected chi connectivity index (χ2v) is 5.53. The van der Waals surface area contributed by atoms with Crippen LogP contribution in [0.15, 0.2) is 18.2 Å². The summed E-state index contributed by atoms with van der Waals surface area (Å²) in [4.78, 5) is 4.64. The number of pyridine rings is 1. The smallest absolute Gasteiger partial charge is 0.0726 e. The Kier molecular flexibility index (Phi) is 3.86. The zero-order valence-corrected chi connectivity index (χ0v) is 12.6. The molecule has 0 aliphatic carbocycles. The third kappa shape index (κ3) is 2.54. The molecule has 0 bridgehead atoms. The van der Waals surface area contributed by atoms with Crippen LogP contribution >= 0.6 is 22.6 Å². The molecule has 17 heavy (non-hydrogen) atoms. The van der Waals surface area contributed by atoms with E-state index in [2.05, 4.69) is 71.9 Å². The van der Waals surface area contributed by atoms with Gasteiger partial charge < -0.3 is 5.32 Å². The molecule has 1 aromatic carbocycles. The van der Waals surface area contributed by atoms with Crippen LogP contribution < -0.4 is 5.32 Å². The Bertz CT molecular complexity index is 549. The standard InChI is InChI=1S/C14H17IN2/c1-4-7-16-14-9(2)10(3)17-13-6-5-11(15)8-12(13)14/h5-6,8H,4,7H2,1-3H3,(H,16,17). The van der Waals surface area contributed by atoms with Crippen molar-refractivity contribution in [2.45, 2.75) is 27.2 Å². The molecule has 2 nitrogen and oxygen atoms in total. The van der Waals surface area contributed by atoms with E-state index in [-0.39, 0.29) is 0 Å². The van der Waals surface area contributed by atoms with Gasteiger partial charge in [0, 0.05) is 26.9 Å². The number of nitrogens with one attached hydrogen (secondary N) is 1. The summed E-state index contributed by atoms with van der Waals surface area (Å²) in [7, 11) is 0. The molecule has 0 spiro atoms. The molecule has 0 unspecified atom stereocenters. The third-order valence-electron chi connectivity index (χ3n) is 2.99. The maximum absolute atomic E-state index is 4.64. The van der Waals surface area contributed by atoms with Crippen molar-refractivity contribution >= 4 is 39.2 Å². The number of nitrogens with zero attached hydrogens (tertiary/aromatic N) is 1. The zero-order chi connectivity index (χ0) is 12.4. The highest BCUT2D eigenvalue weighted by Gasteiger charge is 2.08. The lowest BCUT2D eigenvalue weighted by atomic mass is 10.1. The number of aryl methyl sites for hydroxylation is 1. The first kappa shape index (κ1) is 12.6. The third-order valence-corrected chi connectivity index (χ3v) is 3.66. The molecule has 0 aliphatic heterocycles. The van der Waals surface area contributed by atoms with Crippen molar-refractivity contribution in [2.24, 2.45) is 0 Å². The first-order valence-corrected chi connectivity index (χ1v) is 7.01. The largest absolute Gasteiger partial charge is 0.384 e. The number of hydrogen-bond acceptors (Lipinski definition) is 2. The Hall–Kier alpha value is -0.840. The number of anilines is 1. The van der Waals surface area contributed by atoms with Crippen molar-refractivity contribution in [1.82, 2.24) is 4.98 Å². The molecule has 0 fully saturated rings. The van der Waals surface area contributed by atoms with Gasteiger partial charge in [-0.15, -0.1) is 0 Å². The Balaban J connectivity index is 2.66. The van der Waals surface area contributed by atoms with E-state index in [1.807, 2.05) is 0 Å². The SMILES string of the molecule is CCCNc1c(C)c(C)nc2ccc(I)cc12. The molecule has 0 saturated carbocycles. The Labute approximate surface area is 116 Å². The van der Waals surface area contributed by atoms with E-state index < -0.39 is 0 Å². The first-order valence-electron chi connectivity index (χ1n) is 5.93. The molecular weight excluding hydrogens is 323 g/mol. The summed E-state index contributed by atoms with van der Waals surface area (Å²) in [5, 5.41) is 4.76. The van der Waals surface area contributed by atoms with Gasteiger partial charge >= 0.3 is 0 Å². The molecule has 0 saturated heterocycles. The van der Waals surface area contributed by atoms with Crippen LogP contribution in [-0.2, 0) is 0 Å². The molecule has 0 aliphatic rings. The van der Waals surface area contributed by atoms with Crippen molar-refractivity contribution in [3.05, 3.63) is 33.0 Å². The number of benzene rings is 1. The van der Waals surface area contributed by atoms with Gasteiger partial charge in [0.1, 0.15) is 0 Å². The average Bonchev–Trinajstić information content (AvgIpc) is 2.31. The van der Waals surface area contributed by atoms with Gasteiger partial charge in [-0.2, -0.15) is 0 Å². The van der Waals surface area contributed by atoms with Gasteiger partial charge in [0.2, 0.25) is 0 Å². The minimum absolute atomic E-state index is 1.00. The van der Waals surface area contributed by atoms with Crippen LogP contribution in [0.3, 0.4) is 0 Å². The summed E-state index contributed by atoms with van der Waals surface area (Å²) >= 11 is 2.35. The number of fused-ring (bicyclic) bond motifs is 1. The fraction of sp³-hybridized carbons (Fsp3) is 0.357. The number of aromatic nitrogens is 1. The Morgan fingerprint density at radius 3 is 2.76 bits per heavy atom. The van der Waals surface area contributed by atoms with Crippen LogP contribution in [0.25, 0.3) is 10.9 Å². The van der Waals surface area contributed by atoms with E-state index in [0.717, 1.165) is 24.2 Å². The molecule has 1 N–H and O–H groups in total. The summed E-state index contributed by atoms with van der Waals surface area (Å²) < 4.78 is 1.25. The first-order chi connectivity index (χ1) is 8.13. The predicted molar refractivity (Wildman–Crippen MR) is 82.7 cm³/mol. The lowest BCUT2D eigenvalue weighted by molar-refractivity contribution is 0.977. The fourth-order valence-corrected chi connectivity index (χ4v) is 2.42. The fourth-order valence-electron chi connectivity index (χ4n) is 1.93. The lowest BCUT2D eigenvalue weighted by Gasteiger charge is -2.14. The minimum atomic E-state index is 1.00. The van der Waals surface area contributed by atoms with Gasteiger partial charge in [-0.1, -0.05) is 6.92 Å². The Morgan fingerprint density at radius 2 is 2.06 bits per heavy atom. The second-order valence-electron chi connectivity index (χ2n) is 4.29. The van der Waals surface area contributed by atoms with Crippen molar-refractivity contribution in [1.29, 1.82) is 0 Å². The normalized spacial score (nSPS) is 10.8. The van der Waals surface area contributed by atoms with E-state index in [4.69, 9.17) is 0 Å². The molecule has 1 aromatic heterocycles. The molecule has 90 valence electrons. The molecule has 3 heteroatoms. The summed E-state index contributed by atoms with van der Waals surface area (Å²) in [6.07, 6.45) is 1.13. The monoisotopic (exact) mass is 340 g/mol. The summed E-state index contributed by atoms with van der Waals surface area (Å²) in [6, 6.07) is 6.41. The van der Waals surface area contributed by atoms with Crippen LogP contribution in [0.4, 0.5) is 5.69 Å². The van der Waals surface area contributed by atoms with Crippen LogP contribution in [0.5, 0.6) is 0 Å². The quantitative estimate of drug-likeness (QED) is 0.844. The number of rotatable bonds is 3. The molecule has 0 radical (unpaired) electrons. The second kappa shape index (κ2) is 5.21. The van der Waals surface area contributed by atoms with E-state index >= 15 is 0 Å². The molecule has 2 rings (SSSR count). The van der Waals surface area contributed by atoms with Gasteiger partial charge in [-0.3, -0.25) is 4.98 Å². The summed E-state index contributed by atoms with van der Waals surface area (Å²) in [5.41, 5.74) is 4.69. The zero-order valence-electron chi connectivity index (χ0n) is 10.5. The van der Waals surface area contributed by atoms with Crippen LogP contribution in [-0.4, -0.2) is 11.5 Å². The van der Waals surface area contributed by atoms with E-state index in [9.17, 15) is 0 Å². The van der Waals surface area contributed by atoms with Crippen LogP contribution in [0, 0.1) is 17.4 Å². The summed E-state index contributed by atoms with van der Waals surface area (Å²) in [5.74, 6) is 0. The number of hydrogen-bond donors (Lipinski definition) is 1. The van der Waals surface area contributed by atoms with Gasteiger partial charge in [-0.25, -0.2) is 0 Å². The maximum Gasteiger partial charge on any atom is 0.0726 e. The molecule has 0 amide bonds. The molecular formula is C14H17IN2. The van der Waals surface area contributed by atoms with Gasteiger partial charge in [0.15, 0.2) is 0 Å². The molecule has 1 heterocycles. The summed E-state index contributed by atoms with van der Waals surface area (Å²) in [6.45, 7) is 7.40. The van der Waals surface area contributed by atoms with Crippen molar-refractivity contribution < 1.29 is 0 Å². The van der Waals surface area contributed by atoms with Crippen molar-refractivity contribution in [3.63, 3.8) is 0 Å². The minimum Gasteiger partial charge on any atom is -0.384 e. The van der Waals surface area contributed by atoms with Crippen LogP contribution in [0.1, 0.15) is 24.6 Å². The van der Waals surface area contributed by atoms with Gasteiger partial charge in [0.05, 0.1) is 5.52 Å². The van der Waals surface area contributed by atoms with Gasteiger partial charge in [-0.05, 0) is 66.6 Å². The topological polar surface area (TPSA) is 24.9 Å². The number of halogens is 1. The van der Waals surface area contributed by atoms with E-state index in [1.165, 1.54) is 20.2 Å². The van der Waals surface area contributed by atoms with Crippen molar-refractivity contribution in [3.8, 4) is 0 Å². The highest BCUT2D eigenvalue weighted by Crippen LogP contribution is 2.29.